The average Bonchev–Trinajstić information content (AvgIpc) is 2.40. The van der Waals surface area contributed by atoms with Crippen molar-refractivity contribution in [3.05, 3.63) is 36.0 Å². The molecule has 0 amide bonds. The van der Waals surface area contributed by atoms with Crippen LogP contribution in [0.25, 0.3) is 0 Å². The lowest BCUT2D eigenvalue weighted by molar-refractivity contribution is 0.570. The van der Waals surface area contributed by atoms with Crippen molar-refractivity contribution in [2.75, 3.05) is 16.7 Å². The van der Waals surface area contributed by atoms with Gasteiger partial charge in [0, 0.05) is 29.5 Å². The van der Waals surface area contributed by atoms with Gasteiger partial charge < -0.3 is 4.90 Å². The van der Waals surface area contributed by atoms with E-state index >= 15 is 0 Å². The Bertz CT molecular complexity index is 511. The summed E-state index contributed by atoms with van der Waals surface area (Å²) in [4.78, 5) is 2.05. The molecule has 0 saturated heterocycles. The number of benzene rings is 1. The number of anilines is 2. The van der Waals surface area contributed by atoms with E-state index in [1.807, 2.05) is 19.2 Å². The smallest absolute Gasteiger partial charge is 0.259 e. The second-order valence-electron chi connectivity index (χ2n) is 4.71. The van der Waals surface area contributed by atoms with Crippen molar-refractivity contribution < 1.29 is 8.76 Å². The van der Waals surface area contributed by atoms with Gasteiger partial charge in [0.05, 0.1) is 0 Å². The van der Waals surface area contributed by atoms with E-state index in [2.05, 4.69) is 30.0 Å². The zero-order valence-electron chi connectivity index (χ0n) is 10.2. The van der Waals surface area contributed by atoms with Gasteiger partial charge in [-0.05, 0) is 23.8 Å². The third-order valence-electron chi connectivity index (χ3n) is 3.36. The molecule has 17 heavy (non-hydrogen) atoms. The molecule has 4 nitrogen and oxygen atoms in total. The molecule has 2 rings (SSSR count). The Balaban J connectivity index is 2.50. The third-order valence-corrected chi connectivity index (χ3v) is 3.77. The zero-order chi connectivity index (χ0) is 12.8. The molecule has 92 valence electrons. The fourth-order valence-corrected chi connectivity index (χ4v) is 2.54. The second-order valence-corrected chi connectivity index (χ2v) is 5.42. The van der Waals surface area contributed by atoms with Gasteiger partial charge in [-0.2, -0.15) is 0 Å². The summed E-state index contributed by atoms with van der Waals surface area (Å²) in [6, 6.07) is 5.63. The predicted molar refractivity (Wildman–Crippen MR) is 71.4 cm³/mol. The van der Waals surface area contributed by atoms with Crippen molar-refractivity contribution in [1.29, 1.82) is 0 Å². The molecule has 0 radical (unpaired) electrons. The summed E-state index contributed by atoms with van der Waals surface area (Å²) < 4.78 is 22.0. The lowest BCUT2D eigenvalue weighted by atomic mass is 9.84. The van der Waals surface area contributed by atoms with Crippen molar-refractivity contribution in [3.63, 3.8) is 0 Å². The predicted octanol–water partition coefficient (Wildman–Crippen LogP) is 2.48. The molecule has 0 saturated carbocycles. The van der Waals surface area contributed by atoms with Gasteiger partial charge in [-0.3, -0.25) is 9.27 Å². The van der Waals surface area contributed by atoms with Gasteiger partial charge in [-0.15, -0.1) is 0 Å². The van der Waals surface area contributed by atoms with Crippen molar-refractivity contribution in [2.24, 2.45) is 0 Å². The highest BCUT2D eigenvalue weighted by atomic mass is 32.2. The lowest BCUT2D eigenvalue weighted by Gasteiger charge is -2.22. The van der Waals surface area contributed by atoms with Gasteiger partial charge in [0.1, 0.15) is 0 Å². The van der Waals surface area contributed by atoms with Crippen LogP contribution in [0, 0.1) is 0 Å². The van der Waals surface area contributed by atoms with Crippen LogP contribution in [0.5, 0.6) is 0 Å². The number of fused-ring (bicyclic) bond motifs is 1. The first-order valence-electron chi connectivity index (χ1n) is 5.29. The van der Waals surface area contributed by atoms with Crippen molar-refractivity contribution >= 4 is 22.6 Å². The highest BCUT2D eigenvalue weighted by Gasteiger charge is 2.37. The lowest BCUT2D eigenvalue weighted by Crippen LogP contribution is -2.21. The molecule has 1 aromatic carbocycles. The molecule has 1 unspecified atom stereocenters. The highest BCUT2D eigenvalue weighted by Crippen LogP contribution is 2.46. The first-order valence-corrected chi connectivity index (χ1v) is 6.40. The summed E-state index contributed by atoms with van der Waals surface area (Å²) in [6.07, 6.45) is 0. The van der Waals surface area contributed by atoms with Crippen molar-refractivity contribution in [2.45, 2.75) is 19.3 Å². The van der Waals surface area contributed by atoms with Gasteiger partial charge in [-0.1, -0.05) is 20.4 Å². The Labute approximate surface area is 104 Å². The fraction of sp³-hybridized carbons (Fsp3) is 0.333. The molecule has 1 aromatic rings. The van der Waals surface area contributed by atoms with Crippen LogP contribution in [0.3, 0.4) is 0 Å². The number of likely N-dealkylation sites (N-methyl/N-ethyl adjacent to an activating group) is 1. The molecular formula is C12H16N2O2S. The van der Waals surface area contributed by atoms with Crippen molar-refractivity contribution in [1.82, 2.24) is 0 Å². The molecule has 2 N–H and O–H groups in total. The van der Waals surface area contributed by atoms with E-state index in [0.717, 1.165) is 16.9 Å². The number of rotatable bonds is 2. The standard InChI is InChI=1S/C12H16N2O2S/c1-8-12(2,3)10-7-9(13-17(15)16)5-6-11(10)14(8)4/h5-7,13H,1H2,2-4H3,(H,15,16). The summed E-state index contributed by atoms with van der Waals surface area (Å²) in [7, 11) is 1.98. The maximum absolute atomic E-state index is 10.7. The molecule has 1 aliphatic heterocycles. The maximum atomic E-state index is 10.7. The van der Waals surface area contributed by atoms with E-state index in [1.165, 1.54) is 0 Å². The molecule has 1 heterocycles. The Hall–Kier alpha value is -1.33. The molecule has 0 aromatic heterocycles. The topological polar surface area (TPSA) is 52.6 Å². The van der Waals surface area contributed by atoms with Crippen LogP contribution in [0.2, 0.25) is 0 Å². The summed E-state index contributed by atoms with van der Waals surface area (Å²) >= 11 is -2.04. The molecular weight excluding hydrogens is 236 g/mol. The summed E-state index contributed by atoms with van der Waals surface area (Å²) in [5, 5.41) is 0. The zero-order valence-corrected chi connectivity index (χ0v) is 11.0. The molecule has 0 bridgehead atoms. The molecule has 1 aliphatic rings. The minimum Gasteiger partial charge on any atom is -0.348 e. The summed E-state index contributed by atoms with van der Waals surface area (Å²) in [5.74, 6) is 0. The minimum absolute atomic E-state index is 0.154. The van der Waals surface area contributed by atoms with Gasteiger partial charge in [0.25, 0.3) is 11.3 Å². The van der Waals surface area contributed by atoms with Gasteiger partial charge >= 0.3 is 0 Å². The third kappa shape index (κ3) is 1.85. The molecule has 1 atom stereocenters. The minimum atomic E-state index is -2.04. The normalized spacial score (nSPS) is 19.1. The Kier molecular flexibility index (Phi) is 2.75. The monoisotopic (exact) mass is 252 g/mol. The molecule has 0 aliphatic carbocycles. The number of hydrogen-bond acceptors (Lipinski definition) is 2. The van der Waals surface area contributed by atoms with E-state index in [0.29, 0.717) is 5.69 Å². The largest absolute Gasteiger partial charge is 0.348 e. The number of nitrogens with one attached hydrogen (secondary N) is 1. The number of nitrogens with zero attached hydrogens (tertiary/aromatic N) is 1. The molecule has 5 heteroatoms. The maximum Gasteiger partial charge on any atom is 0.259 e. The van der Waals surface area contributed by atoms with Crippen LogP contribution in [-0.4, -0.2) is 15.8 Å². The van der Waals surface area contributed by atoms with E-state index in [9.17, 15) is 4.21 Å². The van der Waals surface area contributed by atoms with Crippen molar-refractivity contribution in [3.8, 4) is 0 Å². The molecule has 0 fully saturated rings. The van der Waals surface area contributed by atoms with E-state index in [-0.39, 0.29) is 5.41 Å². The average molecular weight is 252 g/mol. The van der Waals surface area contributed by atoms with E-state index in [4.69, 9.17) is 4.55 Å². The van der Waals surface area contributed by atoms with Gasteiger partial charge in [0.15, 0.2) is 0 Å². The highest BCUT2D eigenvalue weighted by molar-refractivity contribution is 7.80. The fourth-order valence-electron chi connectivity index (χ4n) is 2.21. The Morgan fingerprint density at radius 1 is 1.47 bits per heavy atom. The van der Waals surface area contributed by atoms with Crippen LogP contribution in [-0.2, 0) is 16.7 Å². The van der Waals surface area contributed by atoms with Crippen LogP contribution in [0.15, 0.2) is 30.5 Å². The van der Waals surface area contributed by atoms with Crippen LogP contribution in [0.4, 0.5) is 11.4 Å². The van der Waals surface area contributed by atoms with E-state index < -0.39 is 11.3 Å². The Morgan fingerprint density at radius 2 is 2.12 bits per heavy atom. The van der Waals surface area contributed by atoms with Gasteiger partial charge in [0.2, 0.25) is 0 Å². The number of hydrogen-bond donors (Lipinski definition) is 2. The van der Waals surface area contributed by atoms with Crippen LogP contribution in [0.1, 0.15) is 19.4 Å². The summed E-state index contributed by atoms with van der Waals surface area (Å²) in [5.41, 5.74) is 3.71. The Morgan fingerprint density at radius 3 is 2.71 bits per heavy atom. The quantitative estimate of drug-likeness (QED) is 0.795. The first-order chi connectivity index (χ1) is 7.84. The van der Waals surface area contributed by atoms with Crippen LogP contribution < -0.4 is 9.62 Å². The van der Waals surface area contributed by atoms with Crippen LogP contribution >= 0.6 is 0 Å². The SMILES string of the molecule is C=C1N(C)c2ccc(NS(=O)O)cc2C1(C)C. The first kappa shape index (κ1) is 12.1. The molecule has 0 spiro atoms. The second kappa shape index (κ2) is 3.85. The summed E-state index contributed by atoms with van der Waals surface area (Å²) in [6.45, 7) is 8.28. The number of allylic oxidation sites excluding steroid dienone is 1. The van der Waals surface area contributed by atoms with E-state index in [1.54, 1.807) is 6.07 Å². The van der Waals surface area contributed by atoms with Gasteiger partial charge in [-0.25, -0.2) is 4.21 Å².